The molecule has 3 nitrogen and oxygen atoms in total. The summed E-state index contributed by atoms with van der Waals surface area (Å²) in [5.74, 6) is -1.09. The molecule has 0 unspecified atom stereocenters. The molecule has 0 saturated heterocycles. The molecule has 0 heterocycles. The molecule has 0 aliphatic heterocycles. The fourth-order valence-corrected chi connectivity index (χ4v) is 1.21. The normalized spacial score (nSPS) is 16.5. The minimum atomic E-state index is -0.642. The highest BCUT2D eigenvalue weighted by Gasteiger charge is 2.20. The van der Waals surface area contributed by atoms with Crippen LogP contribution in [0.25, 0.3) is 0 Å². The van der Waals surface area contributed by atoms with Crippen molar-refractivity contribution in [2.75, 3.05) is 5.32 Å². The Morgan fingerprint density at radius 2 is 1.87 bits per heavy atom. The van der Waals surface area contributed by atoms with E-state index in [-0.39, 0.29) is 17.7 Å². The van der Waals surface area contributed by atoms with E-state index >= 15 is 0 Å². The molecule has 0 amide bonds. The number of benzene rings is 1. The van der Waals surface area contributed by atoms with Gasteiger partial charge in [0, 0.05) is 11.8 Å². The van der Waals surface area contributed by atoms with E-state index in [4.69, 9.17) is 5.73 Å². The van der Waals surface area contributed by atoms with Gasteiger partial charge in [0.05, 0.1) is 6.04 Å². The molecule has 2 rings (SSSR count). The number of guanidine groups is 1. The maximum atomic E-state index is 12.8. The second-order valence-corrected chi connectivity index (χ2v) is 3.53. The molecule has 15 heavy (non-hydrogen) atoms. The Hall–Kier alpha value is -1.65. The van der Waals surface area contributed by atoms with Crippen LogP contribution in [0.2, 0.25) is 0 Å². The number of halogens is 2. The van der Waals surface area contributed by atoms with Crippen LogP contribution in [0.3, 0.4) is 0 Å². The molecule has 0 bridgehead atoms. The van der Waals surface area contributed by atoms with Gasteiger partial charge in [0.2, 0.25) is 0 Å². The number of nitrogens with two attached hydrogens (primary N) is 1. The van der Waals surface area contributed by atoms with E-state index in [0.29, 0.717) is 0 Å². The van der Waals surface area contributed by atoms with E-state index in [2.05, 4.69) is 10.3 Å². The Labute approximate surface area is 86.0 Å². The van der Waals surface area contributed by atoms with Crippen molar-refractivity contribution in [2.45, 2.75) is 18.9 Å². The standard InChI is InChI=1S/C10H11F2N3/c11-6-3-7(12)5-9(4-6)15-10(13)14-8-1-2-8/h3-5,8H,1-2H2,(H3,13,14,15). The zero-order valence-corrected chi connectivity index (χ0v) is 8.00. The Morgan fingerprint density at radius 3 is 2.40 bits per heavy atom. The van der Waals surface area contributed by atoms with Gasteiger partial charge in [0.15, 0.2) is 5.96 Å². The van der Waals surface area contributed by atoms with Gasteiger partial charge in [-0.3, -0.25) is 0 Å². The minimum Gasteiger partial charge on any atom is -0.370 e. The number of aliphatic imine (C=N–C) groups is 1. The summed E-state index contributed by atoms with van der Waals surface area (Å²) in [6.45, 7) is 0. The van der Waals surface area contributed by atoms with E-state index in [1.54, 1.807) is 0 Å². The van der Waals surface area contributed by atoms with Crippen LogP contribution in [-0.2, 0) is 0 Å². The van der Waals surface area contributed by atoms with Crippen LogP contribution in [0.1, 0.15) is 12.8 Å². The van der Waals surface area contributed by atoms with Gasteiger partial charge in [-0.25, -0.2) is 13.8 Å². The van der Waals surface area contributed by atoms with Crippen molar-refractivity contribution >= 4 is 11.6 Å². The molecule has 1 aliphatic rings. The lowest BCUT2D eigenvalue weighted by atomic mass is 10.3. The molecule has 5 heteroatoms. The molecule has 0 atom stereocenters. The monoisotopic (exact) mass is 211 g/mol. The van der Waals surface area contributed by atoms with Crippen LogP contribution in [0, 0.1) is 11.6 Å². The lowest BCUT2D eigenvalue weighted by Gasteiger charge is -2.05. The molecule has 3 N–H and O–H groups in total. The van der Waals surface area contributed by atoms with E-state index < -0.39 is 11.6 Å². The Kier molecular flexibility index (Phi) is 2.53. The number of hydrogen-bond donors (Lipinski definition) is 2. The quantitative estimate of drug-likeness (QED) is 0.579. The summed E-state index contributed by atoms with van der Waals surface area (Å²) >= 11 is 0. The molecule has 1 saturated carbocycles. The van der Waals surface area contributed by atoms with Gasteiger partial charge in [0.25, 0.3) is 0 Å². The fourth-order valence-electron chi connectivity index (χ4n) is 1.21. The van der Waals surface area contributed by atoms with Gasteiger partial charge >= 0.3 is 0 Å². The first kappa shape index (κ1) is 9.89. The predicted molar refractivity (Wildman–Crippen MR) is 54.6 cm³/mol. The highest BCUT2D eigenvalue weighted by atomic mass is 19.1. The van der Waals surface area contributed by atoms with Crippen LogP contribution < -0.4 is 11.1 Å². The van der Waals surface area contributed by atoms with Crippen molar-refractivity contribution in [3.63, 3.8) is 0 Å². The van der Waals surface area contributed by atoms with E-state index in [0.717, 1.165) is 18.9 Å². The molecular weight excluding hydrogens is 200 g/mol. The summed E-state index contributed by atoms with van der Waals surface area (Å²) in [4.78, 5) is 4.08. The third kappa shape index (κ3) is 2.90. The summed E-state index contributed by atoms with van der Waals surface area (Å²) in [5, 5.41) is 2.64. The summed E-state index contributed by atoms with van der Waals surface area (Å²) in [5.41, 5.74) is 5.81. The SMILES string of the molecule is NC(=NC1CC1)Nc1cc(F)cc(F)c1. The highest BCUT2D eigenvalue weighted by molar-refractivity contribution is 5.92. The van der Waals surface area contributed by atoms with Gasteiger partial charge < -0.3 is 11.1 Å². The Morgan fingerprint density at radius 1 is 1.27 bits per heavy atom. The molecular formula is C10H11F2N3. The molecule has 0 radical (unpaired) electrons. The van der Waals surface area contributed by atoms with Crippen molar-refractivity contribution in [1.82, 2.24) is 0 Å². The van der Waals surface area contributed by atoms with Crippen molar-refractivity contribution in [3.8, 4) is 0 Å². The van der Waals surface area contributed by atoms with Gasteiger partial charge in [-0.2, -0.15) is 0 Å². The molecule has 0 spiro atoms. The lowest BCUT2D eigenvalue weighted by molar-refractivity contribution is 0.584. The molecule has 1 aromatic carbocycles. The van der Waals surface area contributed by atoms with Crippen molar-refractivity contribution in [2.24, 2.45) is 10.7 Å². The van der Waals surface area contributed by atoms with Crippen LogP contribution in [0.4, 0.5) is 14.5 Å². The maximum absolute atomic E-state index is 12.8. The average molecular weight is 211 g/mol. The Balaban J connectivity index is 2.09. The highest BCUT2D eigenvalue weighted by Crippen LogP contribution is 2.23. The van der Waals surface area contributed by atoms with Crippen molar-refractivity contribution in [1.29, 1.82) is 0 Å². The second kappa shape index (κ2) is 3.84. The van der Waals surface area contributed by atoms with Crippen LogP contribution in [0.5, 0.6) is 0 Å². The molecule has 1 fully saturated rings. The first-order valence-corrected chi connectivity index (χ1v) is 4.70. The lowest BCUT2D eigenvalue weighted by Crippen LogP contribution is -2.23. The van der Waals surface area contributed by atoms with Gasteiger partial charge in [-0.1, -0.05) is 0 Å². The van der Waals surface area contributed by atoms with Crippen LogP contribution in [0.15, 0.2) is 23.2 Å². The Bertz CT molecular complexity index is 379. The van der Waals surface area contributed by atoms with Gasteiger partial charge in [-0.05, 0) is 25.0 Å². The van der Waals surface area contributed by atoms with Gasteiger partial charge in [-0.15, -0.1) is 0 Å². The molecule has 0 aromatic heterocycles. The first-order valence-electron chi connectivity index (χ1n) is 4.70. The largest absolute Gasteiger partial charge is 0.370 e. The predicted octanol–water partition coefficient (Wildman–Crippen LogP) is 1.85. The number of hydrogen-bond acceptors (Lipinski definition) is 1. The minimum absolute atomic E-state index is 0.197. The van der Waals surface area contributed by atoms with Crippen molar-refractivity contribution < 1.29 is 8.78 Å². The molecule has 1 aliphatic carbocycles. The van der Waals surface area contributed by atoms with E-state index in [1.807, 2.05) is 0 Å². The zero-order chi connectivity index (χ0) is 10.8. The topological polar surface area (TPSA) is 50.4 Å². The summed E-state index contributed by atoms with van der Waals surface area (Å²) in [6.07, 6.45) is 2.06. The number of nitrogens with one attached hydrogen (secondary N) is 1. The molecule has 80 valence electrons. The zero-order valence-electron chi connectivity index (χ0n) is 8.00. The number of nitrogens with zero attached hydrogens (tertiary/aromatic N) is 1. The maximum Gasteiger partial charge on any atom is 0.193 e. The third-order valence-electron chi connectivity index (χ3n) is 2.00. The van der Waals surface area contributed by atoms with Crippen LogP contribution in [-0.4, -0.2) is 12.0 Å². The summed E-state index contributed by atoms with van der Waals surface area (Å²) in [6, 6.07) is 3.41. The second-order valence-electron chi connectivity index (χ2n) is 3.53. The first-order chi connectivity index (χ1) is 7.13. The smallest absolute Gasteiger partial charge is 0.193 e. The third-order valence-corrected chi connectivity index (χ3v) is 2.00. The van der Waals surface area contributed by atoms with Crippen molar-refractivity contribution in [3.05, 3.63) is 29.8 Å². The van der Waals surface area contributed by atoms with Gasteiger partial charge in [0.1, 0.15) is 11.6 Å². The number of anilines is 1. The number of rotatable bonds is 2. The average Bonchev–Trinajstić information content (AvgIpc) is 2.85. The van der Waals surface area contributed by atoms with Crippen LogP contribution >= 0.6 is 0 Å². The summed E-state index contributed by atoms with van der Waals surface area (Å²) < 4.78 is 25.6. The van der Waals surface area contributed by atoms with E-state index in [9.17, 15) is 8.78 Å². The summed E-state index contributed by atoms with van der Waals surface area (Å²) in [7, 11) is 0. The molecule has 1 aromatic rings. The fraction of sp³-hybridized carbons (Fsp3) is 0.300. The van der Waals surface area contributed by atoms with E-state index in [1.165, 1.54) is 12.1 Å².